The lowest BCUT2D eigenvalue weighted by Gasteiger charge is -2.20. The summed E-state index contributed by atoms with van der Waals surface area (Å²) in [5.41, 5.74) is 2.37. The minimum atomic E-state index is -0.215. The molecular formula is C16H19BrFNS. The van der Waals surface area contributed by atoms with Gasteiger partial charge in [0.15, 0.2) is 0 Å². The highest BCUT2D eigenvalue weighted by atomic mass is 79.9. The van der Waals surface area contributed by atoms with Gasteiger partial charge in [0.2, 0.25) is 0 Å². The zero-order chi connectivity index (χ0) is 14.7. The molecule has 1 aromatic heterocycles. The van der Waals surface area contributed by atoms with E-state index in [4.69, 9.17) is 0 Å². The van der Waals surface area contributed by atoms with Crippen molar-refractivity contribution in [2.75, 3.05) is 6.54 Å². The zero-order valence-electron chi connectivity index (χ0n) is 12.0. The number of halogens is 2. The van der Waals surface area contributed by atoms with Gasteiger partial charge in [0.25, 0.3) is 0 Å². The molecule has 2 aromatic rings. The molecule has 1 atom stereocenters. The van der Waals surface area contributed by atoms with E-state index in [1.165, 1.54) is 27.5 Å². The number of hydrogen-bond acceptors (Lipinski definition) is 2. The van der Waals surface area contributed by atoms with Gasteiger partial charge in [-0.1, -0.05) is 28.9 Å². The first-order valence-corrected chi connectivity index (χ1v) is 8.39. The van der Waals surface area contributed by atoms with Crippen LogP contribution in [0.4, 0.5) is 4.39 Å². The van der Waals surface area contributed by atoms with Crippen LogP contribution in [-0.2, 0) is 0 Å². The lowest BCUT2D eigenvalue weighted by atomic mass is 9.99. The highest BCUT2D eigenvalue weighted by molar-refractivity contribution is 9.10. The molecule has 0 aliphatic rings. The SMILES string of the molecule is CCCNC(c1ccc(F)cc1Br)c1cc(C)sc1C. The summed E-state index contributed by atoms with van der Waals surface area (Å²) >= 11 is 5.30. The quantitative estimate of drug-likeness (QED) is 0.761. The van der Waals surface area contributed by atoms with E-state index in [1.807, 2.05) is 6.07 Å². The largest absolute Gasteiger partial charge is 0.306 e. The normalized spacial score (nSPS) is 12.7. The van der Waals surface area contributed by atoms with Crippen LogP contribution in [0.3, 0.4) is 0 Å². The molecule has 1 aromatic carbocycles. The molecule has 1 unspecified atom stereocenters. The summed E-state index contributed by atoms with van der Waals surface area (Å²) in [7, 11) is 0. The second-order valence-corrected chi connectivity index (χ2v) is 7.24. The molecule has 0 aliphatic carbocycles. The topological polar surface area (TPSA) is 12.0 Å². The van der Waals surface area contributed by atoms with E-state index < -0.39 is 0 Å². The van der Waals surface area contributed by atoms with Crippen LogP contribution < -0.4 is 5.32 Å². The molecule has 2 rings (SSSR count). The minimum absolute atomic E-state index is 0.106. The summed E-state index contributed by atoms with van der Waals surface area (Å²) in [5.74, 6) is -0.215. The Kier molecular flexibility index (Phi) is 5.35. The summed E-state index contributed by atoms with van der Waals surface area (Å²) in [6.45, 7) is 7.35. The Labute approximate surface area is 132 Å². The van der Waals surface area contributed by atoms with Gasteiger partial charge in [0, 0.05) is 14.2 Å². The maximum absolute atomic E-state index is 13.3. The van der Waals surface area contributed by atoms with Gasteiger partial charge in [0.1, 0.15) is 5.82 Å². The van der Waals surface area contributed by atoms with Gasteiger partial charge in [-0.15, -0.1) is 11.3 Å². The monoisotopic (exact) mass is 355 g/mol. The molecule has 0 aliphatic heterocycles. The van der Waals surface area contributed by atoms with Crippen molar-refractivity contribution < 1.29 is 4.39 Å². The Balaban J connectivity index is 2.44. The molecule has 4 heteroatoms. The molecule has 0 saturated heterocycles. The third-order valence-electron chi connectivity index (χ3n) is 3.26. The Morgan fingerprint density at radius 2 is 2.00 bits per heavy atom. The molecule has 0 spiro atoms. The van der Waals surface area contributed by atoms with Crippen molar-refractivity contribution in [2.45, 2.75) is 33.2 Å². The predicted octanol–water partition coefficient (Wildman–Crippen LogP) is 5.36. The van der Waals surface area contributed by atoms with Crippen LogP contribution in [0.2, 0.25) is 0 Å². The van der Waals surface area contributed by atoms with Crippen molar-refractivity contribution in [1.82, 2.24) is 5.32 Å². The lowest BCUT2D eigenvalue weighted by Crippen LogP contribution is -2.23. The summed E-state index contributed by atoms with van der Waals surface area (Å²) in [6, 6.07) is 7.25. The lowest BCUT2D eigenvalue weighted by molar-refractivity contribution is 0.590. The van der Waals surface area contributed by atoms with Gasteiger partial charge < -0.3 is 5.32 Å². The fourth-order valence-electron chi connectivity index (χ4n) is 2.35. The number of benzene rings is 1. The van der Waals surface area contributed by atoms with Gasteiger partial charge in [-0.2, -0.15) is 0 Å². The van der Waals surface area contributed by atoms with E-state index in [1.54, 1.807) is 11.3 Å². The van der Waals surface area contributed by atoms with Crippen molar-refractivity contribution in [3.05, 3.63) is 55.4 Å². The number of nitrogens with one attached hydrogen (secondary N) is 1. The van der Waals surface area contributed by atoms with Crippen LogP contribution >= 0.6 is 27.3 Å². The summed E-state index contributed by atoms with van der Waals surface area (Å²) in [5, 5.41) is 3.57. The first-order valence-electron chi connectivity index (χ1n) is 6.78. The molecule has 0 bridgehead atoms. The van der Waals surface area contributed by atoms with Crippen molar-refractivity contribution in [1.29, 1.82) is 0 Å². The second kappa shape index (κ2) is 6.83. The van der Waals surface area contributed by atoms with E-state index in [0.29, 0.717) is 0 Å². The van der Waals surface area contributed by atoms with Crippen molar-refractivity contribution >= 4 is 27.3 Å². The second-order valence-electron chi connectivity index (χ2n) is 4.92. The van der Waals surface area contributed by atoms with E-state index >= 15 is 0 Å². The van der Waals surface area contributed by atoms with Crippen LogP contribution in [0, 0.1) is 19.7 Å². The molecule has 1 nitrogen and oxygen atoms in total. The minimum Gasteiger partial charge on any atom is -0.306 e. The maximum Gasteiger partial charge on any atom is 0.124 e. The first kappa shape index (κ1) is 15.7. The molecular weight excluding hydrogens is 337 g/mol. The third kappa shape index (κ3) is 3.48. The van der Waals surface area contributed by atoms with Gasteiger partial charge in [-0.3, -0.25) is 0 Å². The Morgan fingerprint density at radius 3 is 2.55 bits per heavy atom. The van der Waals surface area contributed by atoms with Gasteiger partial charge >= 0.3 is 0 Å². The third-order valence-corrected chi connectivity index (χ3v) is 4.93. The van der Waals surface area contributed by atoms with E-state index in [2.05, 4.69) is 48.1 Å². The van der Waals surface area contributed by atoms with Crippen molar-refractivity contribution in [2.24, 2.45) is 0 Å². The van der Waals surface area contributed by atoms with E-state index in [-0.39, 0.29) is 11.9 Å². The average molecular weight is 356 g/mol. The Morgan fingerprint density at radius 1 is 1.25 bits per heavy atom. The molecule has 108 valence electrons. The number of hydrogen-bond donors (Lipinski definition) is 1. The molecule has 1 N–H and O–H groups in total. The van der Waals surface area contributed by atoms with Crippen molar-refractivity contribution in [3.8, 4) is 0 Å². The summed E-state index contributed by atoms with van der Waals surface area (Å²) in [4.78, 5) is 2.62. The van der Waals surface area contributed by atoms with Crippen LogP contribution in [0.5, 0.6) is 0 Å². The van der Waals surface area contributed by atoms with Crippen LogP contribution in [-0.4, -0.2) is 6.54 Å². The summed E-state index contributed by atoms with van der Waals surface area (Å²) in [6.07, 6.45) is 1.07. The molecule has 0 amide bonds. The molecule has 1 heterocycles. The molecule has 0 radical (unpaired) electrons. The standard InChI is InChI=1S/C16H19BrFNS/c1-4-7-19-16(14-8-10(2)20-11(14)3)13-6-5-12(18)9-15(13)17/h5-6,8-9,16,19H,4,7H2,1-3H3. The highest BCUT2D eigenvalue weighted by Gasteiger charge is 2.19. The fraction of sp³-hybridized carbons (Fsp3) is 0.375. The van der Waals surface area contributed by atoms with Gasteiger partial charge in [0.05, 0.1) is 6.04 Å². The van der Waals surface area contributed by atoms with Crippen LogP contribution in [0.25, 0.3) is 0 Å². The van der Waals surface area contributed by atoms with Crippen LogP contribution in [0.15, 0.2) is 28.7 Å². The number of rotatable bonds is 5. The van der Waals surface area contributed by atoms with Crippen LogP contribution in [0.1, 0.15) is 40.3 Å². The fourth-order valence-corrected chi connectivity index (χ4v) is 3.89. The molecule has 20 heavy (non-hydrogen) atoms. The first-order chi connectivity index (χ1) is 9.52. The predicted molar refractivity (Wildman–Crippen MR) is 88.0 cm³/mol. The molecule has 0 fully saturated rings. The maximum atomic E-state index is 13.3. The number of thiophene rings is 1. The zero-order valence-corrected chi connectivity index (χ0v) is 14.4. The van der Waals surface area contributed by atoms with Gasteiger partial charge in [-0.05, 0) is 56.1 Å². The smallest absolute Gasteiger partial charge is 0.124 e. The molecule has 0 saturated carbocycles. The van der Waals surface area contributed by atoms with Gasteiger partial charge in [-0.25, -0.2) is 4.39 Å². The van der Waals surface area contributed by atoms with E-state index in [9.17, 15) is 4.39 Å². The average Bonchev–Trinajstić information content (AvgIpc) is 2.71. The number of aryl methyl sites for hydroxylation is 2. The van der Waals surface area contributed by atoms with E-state index in [0.717, 1.165) is 23.0 Å². The highest BCUT2D eigenvalue weighted by Crippen LogP contribution is 2.34. The summed E-state index contributed by atoms with van der Waals surface area (Å²) < 4.78 is 14.1. The Bertz CT molecular complexity index is 594. The Hall–Kier alpha value is -0.710. The van der Waals surface area contributed by atoms with Crippen molar-refractivity contribution in [3.63, 3.8) is 0 Å².